The van der Waals surface area contributed by atoms with E-state index in [9.17, 15) is 0 Å². The molecular weight excluding hydrogens is 266 g/mol. The first kappa shape index (κ1) is 16.3. The standard InChI is InChI=1S/C17H27NO3/c1-2-20-16-7-3-6-15(12-16)13-18-9-5-10-19-14-17-8-4-11-21-17/h3,6-7,12,17-18H,2,4-5,8-11,13-14H2,1H3. The lowest BCUT2D eigenvalue weighted by Gasteiger charge is -2.10. The highest BCUT2D eigenvalue weighted by Gasteiger charge is 2.14. The van der Waals surface area contributed by atoms with Gasteiger partial charge >= 0.3 is 0 Å². The van der Waals surface area contributed by atoms with Gasteiger partial charge in [0.25, 0.3) is 0 Å². The minimum atomic E-state index is 0.333. The van der Waals surface area contributed by atoms with E-state index in [0.717, 1.165) is 51.5 Å². The molecule has 4 heteroatoms. The predicted molar refractivity (Wildman–Crippen MR) is 83.7 cm³/mol. The topological polar surface area (TPSA) is 39.7 Å². The Balaban J connectivity index is 1.50. The Hall–Kier alpha value is -1.10. The van der Waals surface area contributed by atoms with Crippen molar-refractivity contribution in [3.8, 4) is 5.75 Å². The van der Waals surface area contributed by atoms with Crippen molar-refractivity contribution >= 4 is 0 Å². The van der Waals surface area contributed by atoms with E-state index in [1.807, 2.05) is 19.1 Å². The van der Waals surface area contributed by atoms with Gasteiger partial charge in [0.05, 0.1) is 19.3 Å². The van der Waals surface area contributed by atoms with E-state index in [2.05, 4.69) is 17.4 Å². The third-order valence-electron chi connectivity index (χ3n) is 3.51. The van der Waals surface area contributed by atoms with Crippen molar-refractivity contribution < 1.29 is 14.2 Å². The lowest BCUT2D eigenvalue weighted by molar-refractivity contribution is 0.0166. The summed E-state index contributed by atoms with van der Waals surface area (Å²) in [5.41, 5.74) is 1.25. The molecule has 4 nitrogen and oxygen atoms in total. The molecule has 0 aromatic heterocycles. The van der Waals surface area contributed by atoms with Crippen LogP contribution in [0.25, 0.3) is 0 Å². The first-order valence-electron chi connectivity index (χ1n) is 8.00. The molecule has 0 spiro atoms. The molecule has 2 rings (SSSR count). The van der Waals surface area contributed by atoms with Gasteiger partial charge in [0, 0.05) is 19.8 Å². The van der Waals surface area contributed by atoms with E-state index in [0.29, 0.717) is 12.7 Å². The molecule has 1 N–H and O–H groups in total. The summed E-state index contributed by atoms with van der Waals surface area (Å²) in [6.07, 6.45) is 3.68. The zero-order chi connectivity index (χ0) is 14.8. The van der Waals surface area contributed by atoms with Crippen molar-refractivity contribution in [1.82, 2.24) is 5.32 Å². The van der Waals surface area contributed by atoms with Gasteiger partial charge in [0.1, 0.15) is 5.75 Å². The summed E-state index contributed by atoms with van der Waals surface area (Å²) in [7, 11) is 0. The fraction of sp³-hybridized carbons (Fsp3) is 0.647. The Labute approximate surface area is 127 Å². The number of rotatable bonds is 10. The summed E-state index contributed by atoms with van der Waals surface area (Å²) in [5, 5.41) is 3.43. The van der Waals surface area contributed by atoms with Crippen LogP contribution >= 0.6 is 0 Å². The monoisotopic (exact) mass is 293 g/mol. The first-order valence-corrected chi connectivity index (χ1v) is 8.00. The number of benzene rings is 1. The minimum absolute atomic E-state index is 0.333. The molecule has 0 aliphatic carbocycles. The van der Waals surface area contributed by atoms with Crippen LogP contribution in [0.5, 0.6) is 5.75 Å². The van der Waals surface area contributed by atoms with Crippen LogP contribution in [-0.2, 0) is 16.0 Å². The Bertz CT molecular complexity index is 391. The Morgan fingerprint density at radius 3 is 3.14 bits per heavy atom. The van der Waals surface area contributed by atoms with Crippen molar-refractivity contribution in [2.45, 2.75) is 38.8 Å². The Morgan fingerprint density at radius 2 is 2.33 bits per heavy atom. The molecule has 118 valence electrons. The fourth-order valence-corrected chi connectivity index (χ4v) is 2.43. The molecule has 1 aromatic carbocycles. The molecule has 1 unspecified atom stereocenters. The van der Waals surface area contributed by atoms with E-state index in [1.165, 1.54) is 12.0 Å². The van der Waals surface area contributed by atoms with Crippen molar-refractivity contribution in [3.63, 3.8) is 0 Å². The van der Waals surface area contributed by atoms with Crippen molar-refractivity contribution in [2.75, 3.05) is 33.0 Å². The van der Waals surface area contributed by atoms with Crippen LogP contribution in [-0.4, -0.2) is 39.1 Å². The van der Waals surface area contributed by atoms with Crippen LogP contribution in [0.4, 0.5) is 0 Å². The summed E-state index contributed by atoms with van der Waals surface area (Å²) in [4.78, 5) is 0. The molecule has 0 saturated carbocycles. The maximum atomic E-state index is 5.64. The van der Waals surface area contributed by atoms with Crippen LogP contribution in [0.2, 0.25) is 0 Å². The van der Waals surface area contributed by atoms with Gasteiger partial charge in [-0.25, -0.2) is 0 Å². The van der Waals surface area contributed by atoms with Gasteiger partial charge in [-0.15, -0.1) is 0 Å². The van der Waals surface area contributed by atoms with Crippen molar-refractivity contribution in [2.24, 2.45) is 0 Å². The largest absolute Gasteiger partial charge is 0.494 e. The molecule has 1 saturated heterocycles. The van der Waals surface area contributed by atoms with Crippen LogP contribution in [0.3, 0.4) is 0 Å². The third kappa shape index (κ3) is 6.46. The van der Waals surface area contributed by atoms with Crippen molar-refractivity contribution in [3.05, 3.63) is 29.8 Å². The molecule has 0 bridgehead atoms. The minimum Gasteiger partial charge on any atom is -0.494 e. The second kappa shape index (κ2) is 9.77. The lowest BCUT2D eigenvalue weighted by atomic mass is 10.2. The van der Waals surface area contributed by atoms with E-state index in [4.69, 9.17) is 14.2 Å². The molecule has 1 aromatic rings. The first-order chi connectivity index (χ1) is 10.4. The van der Waals surface area contributed by atoms with E-state index in [-0.39, 0.29) is 0 Å². The van der Waals surface area contributed by atoms with Gasteiger partial charge < -0.3 is 19.5 Å². The van der Waals surface area contributed by atoms with Gasteiger partial charge in [-0.1, -0.05) is 12.1 Å². The Kier molecular flexibility index (Phi) is 7.57. The van der Waals surface area contributed by atoms with Gasteiger partial charge in [0.2, 0.25) is 0 Å². The fourth-order valence-electron chi connectivity index (χ4n) is 2.43. The van der Waals surface area contributed by atoms with E-state index >= 15 is 0 Å². The second-order valence-corrected chi connectivity index (χ2v) is 5.32. The van der Waals surface area contributed by atoms with Crippen LogP contribution < -0.4 is 10.1 Å². The predicted octanol–water partition coefficient (Wildman–Crippen LogP) is 2.76. The van der Waals surface area contributed by atoms with Crippen molar-refractivity contribution in [1.29, 1.82) is 0 Å². The second-order valence-electron chi connectivity index (χ2n) is 5.32. The lowest BCUT2D eigenvalue weighted by Crippen LogP contribution is -2.19. The molecule has 0 amide bonds. The molecule has 1 atom stereocenters. The van der Waals surface area contributed by atoms with E-state index in [1.54, 1.807) is 0 Å². The summed E-state index contributed by atoms with van der Waals surface area (Å²) in [5.74, 6) is 0.941. The van der Waals surface area contributed by atoms with Gasteiger partial charge in [-0.05, 0) is 50.4 Å². The Morgan fingerprint density at radius 1 is 1.38 bits per heavy atom. The maximum Gasteiger partial charge on any atom is 0.119 e. The summed E-state index contributed by atoms with van der Waals surface area (Å²) in [6, 6.07) is 8.23. The quantitative estimate of drug-likeness (QED) is 0.673. The molecule has 1 fully saturated rings. The summed E-state index contributed by atoms with van der Waals surface area (Å²) >= 11 is 0. The van der Waals surface area contributed by atoms with Gasteiger partial charge in [-0.3, -0.25) is 0 Å². The highest BCUT2D eigenvalue weighted by atomic mass is 16.5. The normalized spacial score (nSPS) is 18.0. The molecular formula is C17H27NO3. The zero-order valence-electron chi connectivity index (χ0n) is 13.0. The SMILES string of the molecule is CCOc1cccc(CNCCCOCC2CCCO2)c1. The number of nitrogens with one attached hydrogen (secondary N) is 1. The van der Waals surface area contributed by atoms with Crippen LogP contribution in [0.1, 0.15) is 31.7 Å². The smallest absolute Gasteiger partial charge is 0.119 e. The molecule has 0 radical (unpaired) electrons. The van der Waals surface area contributed by atoms with Gasteiger partial charge in [-0.2, -0.15) is 0 Å². The van der Waals surface area contributed by atoms with E-state index < -0.39 is 0 Å². The number of ether oxygens (including phenoxy) is 3. The molecule has 1 heterocycles. The summed E-state index contributed by atoms with van der Waals surface area (Å²) < 4.78 is 16.6. The third-order valence-corrected chi connectivity index (χ3v) is 3.51. The average molecular weight is 293 g/mol. The number of hydrogen-bond donors (Lipinski definition) is 1. The highest BCUT2D eigenvalue weighted by molar-refractivity contribution is 5.28. The maximum absolute atomic E-state index is 5.64. The molecule has 1 aliphatic rings. The van der Waals surface area contributed by atoms with Crippen LogP contribution in [0.15, 0.2) is 24.3 Å². The van der Waals surface area contributed by atoms with Crippen LogP contribution in [0, 0.1) is 0 Å². The molecule has 21 heavy (non-hydrogen) atoms. The number of hydrogen-bond acceptors (Lipinski definition) is 4. The molecule has 1 aliphatic heterocycles. The highest BCUT2D eigenvalue weighted by Crippen LogP contribution is 2.13. The zero-order valence-corrected chi connectivity index (χ0v) is 13.0. The average Bonchev–Trinajstić information content (AvgIpc) is 3.00. The van der Waals surface area contributed by atoms with Gasteiger partial charge in [0.15, 0.2) is 0 Å². The summed E-state index contributed by atoms with van der Waals surface area (Å²) in [6.45, 7) is 6.98.